The van der Waals surface area contributed by atoms with Gasteiger partial charge in [-0.25, -0.2) is 9.07 Å². The van der Waals surface area contributed by atoms with E-state index in [-0.39, 0.29) is 18.3 Å². The van der Waals surface area contributed by atoms with Crippen LogP contribution in [0.25, 0.3) is 22.5 Å². The van der Waals surface area contributed by atoms with Crippen molar-refractivity contribution in [2.24, 2.45) is 0 Å². The monoisotopic (exact) mass is 372 g/mol. The normalized spacial score (nSPS) is 10.8. The average Bonchev–Trinajstić information content (AvgIpc) is 3.17. The molecular weight excluding hydrogens is 357 g/mol. The Morgan fingerprint density at radius 3 is 2.52 bits per heavy atom. The third-order valence-corrected chi connectivity index (χ3v) is 3.75. The molecule has 3 aromatic rings. The molecule has 1 N–H and O–H groups in total. The van der Waals surface area contributed by atoms with E-state index >= 15 is 0 Å². The van der Waals surface area contributed by atoms with Crippen molar-refractivity contribution in [1.82, 2.24) is 20.1 Å². The Labute approximate surface area is 153 Å². The molecule has 8 heteroatoms. The zero-order valence-corrected chi connectivity index (χ0v) is 14.1. The van der Waals surface area contributed by atoms with Gasteiger partial charge in [-0.1, -0.05) is 6.58 Å². The number of nitrogens with zero attached hydrogens (tertiary/aromatic N) is 3. The summed E-state index contributed by atoms with van der Waals surface area (Å²) in [7, 11) is 0. The number of hydrogen-bond donors (Lipinski definition) is 1. The Morgan fingerprint density at radius 1 is 1.15 bits per heavy atom. The van der Waals surface area contributed by atoms with Crippen LogP contribution in [0.5, 0.6) is 0 Å². The SMILES string of the molecule is C=CC(=O)NCc1cc(-c2ccn(C(F)F)n2)cc(-c2ccc(F)cc2)n1. The van der Waals surface area contributed by atoms with E-state index in [4.69, 9.17) is 0 Å². The first-order chi connectivity index (χ1) is 13.0. The Morgan fingerprint density at radius 2 is 1.89 bits per heavy atom. The van der Waals surface area contributed by atoms with Gasteiger partial charge in [-0.3, -0.25) is 9.78 Å². The maximum absolute atomic E-state index is 13.2. The lowest BCUT2D eigenvalue weighted by molar-refractivity contribution is -0.116. The predicted octanol–water partition coefficient (Wildman–Crippen LogP) is 3.95. The van der Waals surface area contributed by atoms with Crippen molar-refractivity contribution in [3.8, 4) is 22.5 Å². The molecule has 3 rings (SSSR count). The third-order valence-electron chi connectivity index (χ3n) is 3.75. The lowest BCUT2D eigenvalue weighted by Crippen LogP contribution is -2.20. The van der Waals surface area contributed by atoms with Crippen molar-refractivity contribution < 1.29 is 18.0 Å². The maximum Gasteiger partial charge on any atom is 0.333 e. The molecule has 27 heavy (non-hydrogen) atoms. The molecule has 0 saturated carbocycles. The standard InChI is InChI=1S/C19H15F3N4O/c1-2-18(27)23-11-15-9-13(16-7-8-26(25-16)19(21)22)10-17(24-15)12-3-5-14(20)6-4-12/h2-10,19H,1,11H2,(H,23,27). The van der Waals surface area contributed by atoms with Crippen LogP contribution in [0.1, 0.15) is 12.2 Å². The number of rotatable bonds is 6. The molecule has 0 spiro atoms. The molecule has 0 saturated heterocycles. The molecule has 0 radical (unpaired) electrons. The third kappa shape index (κ3) is 4.41. The molecule has 1 amide bonds. The lowest BCUT2D eigenvalue weighted by Gasteiger charge is -2.09. The van der Waals surface area contributed by atoms with Crippen molar-refractivity contribution in [2.45, 2.75) is 13.1 Å². The van der Waals surface area contributed by atoms with Gasteiger partial charge in [0, 0.05) is 17.3 Å². The molecule has 138 valence electrons. The highest BCUT2D eigenvalue weighted by Crippen LogP contribution is 2.26. The molecule has 2 aromatic heterocycles. The van der Waals surface area contributed by atoms with E-state index in [0.717, 1.165) is 6.08 Å². The van der Waals surface area contributed by atoms with Crippen molar-refractivity contribution in [3.63, 3.8) is 0 Å². The van der Waals surface area contributed by atoms with Gasteiger partial charge in [-0.05, 0) is 48.5 Å². The summed E-state index contributed by atoms with van der Waals surface area (Å²) in [5, 5.41) is 6.47. The summed E-state index contributed by atoms with van der Waals surface area (Å²) in [5.41, 5.74) is 2.52. The molecule has 0 aliphatic carbocycles. The number of aromatic nitrogens is 3. The van der Waals surface area contributed by atoms with Crippen LogP contribution in [0.15, 0.2) is 61.3 Å². The zero-order chi connectivity index (χ0) is 19.4. The number of alkyl halides is 2. The first kappa shape index (κ1) is 18.4. The van der Waals surface area contributed by atoms with Crippen LogP contribution in [0, 0.1) is 5.82 Å². The fourth-order valence-corrected chi connectivity index (χ4v) is 2.45. The van der Waals surface area contributed by atoms with Crippen LogP contribution < -0.4 is 5.32 Å². The van der Waals surface area contributed by atoms with Gasteiger partial charge in [0.2, 0.25) is 5.91 Å². The van der Waals surface area contributed by atoms with Gasteiger partial charge in [0.1, 0.15) is 5.82 Å². The van der Waals surface area contributed by atoms with Gasteiger partial charge in [-0.15, -0.1) is 0 Å². The zero-order valence-electron chi connectivity index (χ0n) is 14.1. The fourth-order valence-electron chi connectivity index (χ4n) is 2.45. The summed E-state index contributed by atoms with van der Waals surface area (Å²) in [6.45, 7) is 0.746. The average molecular weight is 372 g/mol. The van der Waals surface area contributed by atoms with Crippen LogP contribution in [0.2, 0.25) is 0 Å². The van der Waals surface area contributed by atoms with Gasteiger partial charge < -0.3 is 5.32 Å². The van der Waals surface area contributed by atoms with E-state index in [1.165, 1.54) is 24.4 Å². The molecule has 5 nitrogen and oxygen atoms in total. The second kappa shape index (κ2) is 7.86. The Bertz CT molecular complexity index is 967. The second-order valence-electron chi connectivity index (χ2n) is 5.62. The Hall–Kier alpha value is -3.42. The summed E-state index contributed by atoms with van der Waals surface area (Å²) < 4.78 is 39.3. The quantitative estimate of drug-likeness (QED) is 0.667. The summed E-state index contributed by atoms with van der Waals surface area (Å²) in [6, 6.07) is 10.5. The molecule has 2 heterocycles. The van der Waals surface area contributed by atoms with Gasteiger partial charge in [0.15, 0.2) is 0 Å². The van der Waals surface area contributed by atoms with Crippen molar-refractivity contribution >= 4 is 5.91 Å². The van der Waals surface area contributed by atoms with E-state index in [2.05, 4.69) is 22.0 Å². The minimum absolute atomic E-state index is 0.114. The number of nitrogens with one attached hydrogen (secondary N) is 1. The summed E-state index contributed by atoms with van der Waals surface area (Å²) in [6.07, 6.45) is 2.31. The van der Waals surface area contributed by atoms with E-state index in [0.29, 0.717) is 32.9 Å². The highest BCUT2D eigenvalue weighted by molar-refractivity contribution is 5.86. The maximum atomic E-state index is 13.2. The number of carbonyl (C=O) groups excluding carboxylic acids is 1. The smallest absolute Gasteiger partial charge is 0.333 e. The molecule has 0 unspecified atom stereocenters. The summed E-state index contributed by atoms with van der Waals surface area (Å²) in [5.74, 6) is -0.753. The molecule has 0 bridgehead atoms. The Balaban J connectivity index is 2.02. The summed E-state index contributed by atoms with van der Waals surface area (Å²) in [4.78, 5) is 15.9. The predicted molar refractivity (Wildman–Crippen MR) is 94.1 cm³/mol. The van der Waals surface area contributed by atoms with Crippen molar-refractivity contribution in [2.75, 3.05) is 0 Å². The van der Waals surface area contributed by atoms with Gasteiger partial charge in [0.25, 0.3) is 0 Å². The highest BCUT2D eigenvalue weighted by atomic mass is 19.3. The first-order valence-corrected chi connectivity index (χ1v) is 7.97. The van der Waals surface area contributed by atoms with Crippen LogP contribution in [0.3, 0.4) is 0 Å². The van der Waals surface area contributed by atoms with E-state index < -0.39 is 6.55 Å². The summed E-state index contributed by atoms with van der Waals surface area (Å²) >= 11 is 0. The molecule has 0 atom stereocenters. The number of pyridine rings is 1. The molecule has 1 aromatic carbocycles. The lowest BCUT2D eigenvalue weighted by atomic mass is 10.1. The molecular formula is C19H15F3N4O. The van der Waals surface area contributed by atoms with Crippen molar-refractivity contribution in [1.29, 1.82) is 0 Å². The van der Waals surface area contributed by atoms with Crippen LogP contribution in [0.4, 0.5) is 13.2 Å². The van der Waals surface area contributed by atoms with Crippen LogP contribution in [-0.2, 0) is 11.3 Å². The van der Waals surface area contributed by atoms with Gasteiger partial charge in [0.05, 0.1) is 23.6 Å². The topological polar surface area (TPSA) is 59.8 Å². The molecule has 0 aliphatic rings. The minimum atomic E-state index is -2.75. The Kier molecular flexibility index (Phi) is 5.35. The van der Waals surface area contributed by atoms with Crippen LogP contribution in [-0.4, -0.2) is 20.7 Å². The number of hydrogen-bond acceptors (Lipinski definition) is 3. The number of amides is 1. The van der Waals surface area contributed by atoms with E-state index in [9.17, 15) is 18.0 Å². The molecule has 0 fully saturated rings. The van der Waals surface area contributed by atoms with Crippen LogP contribution >= 0.6 is 0 Å². The van der Waals surface area contributed by atoms with Gasteiger partial charge in [-0.2, -0.15) is 13.9 Å². The second-order valence-corrected chi connectivity index (χ2v) is 5.62. The highest BCUT2D eigenvalue weighted by Gasteiger charge is 2.12. The minimum Gasteiger partial charge on any atom is -0.347 e. The molecule has 0 aliphatic heterocycles. The largest absolute Gasteiger partial charge is 0.347 e. The number of benzene rings is 1. The number of halogens is 3. The fraction of sp³-hybridized carbons (Fsp3) is 0.105. The van der Waals surface area contributed by atoms with E-state index in [1.54, 1.807) is 24.3 Å². The van der Waals surface area contributed by atoms with Gasteiger partial charge >= 0.3 is 6.55 Å². The number of carbonyl (C=O) groups is 1. The van der Waals surface area contributed by atoms with E-state index in [1.807, 2.05) is 0 Å². The first-order valence-electron chi connectivity index (χ1n) is 7.97. The van der Waals surface area contributed by atoms with Crippen molar-refractivity contribution in [3.05, 3.63) is 72.8 Å².